The second kappa shape index (κ2) is 6.65. The first-order valence-electron chi connectivity index (χ1n) is 12.6. The second-order valence-corrected chi connectivity index (χ2v) is 11.2. The van der Waals surface area contributed by atoms with Crippen molar-refractivity contribution in [1.82, 2.24) is 9.88 Å². The number of aromatic nitrogens is 1. The zero-order chi connectivity index (χ0) is 20.6. The first-order valence-corrected chi connectivity index (χ1v) is 12.6. The molecule has 6 rings (SSSR count). The van der Waals surface area contributed by atoms with Gasteiger partial charge in [0.1, 0.15) is 0 Å². The Balaban J connectivity index is 1.53. The fourth-order valence-corrected chi connectivity index (χ4v) is 7.71. The Kier molecular flexibility index (Phi) is 4.21. The summed E-state index contributed by atoms with van der Waals surface area (Å²) in [6.45, 7) is 9.94. The summed E-state index contributed by atoms with van der Waals surface area (Å²) in [5.41, 5.74) is 9.82. The van der Waals surface area contributed by atoms with Gasteiger partial charge in [-0.2, -0.15) is 0 Å². The number of rotatable bonds is 1. The predicted octanol–water partition coefficient (Wildman–Crippen LogP) is 7.07. The highest BCUT2D eigenvalue weighted by atomic mass is 15.3. The van der Waals surface area contributed by atoms with E-state index in [2.05, 4.69) is 61.9 Å². The molecule has 6 atom stereocenters. The van der Waals surface area contributed by atoms with E-state index >= 15 is 0 Å². The van der Waals surface area contributed by atoms with Gasteiger partial charge in [-0.05, 0) is 79.9 Å². The molecule has 2 nitrogen and oxygen atoms in total. The quantitative estimate of drug-likeness (QED) is 0.498. The minimum Gasteiger partial charge on any atom is -0.363 e. The van der Waals surface area contributed by atoms with Gasteiger partial charge in [0.25, 0.3) is 0 Å². The molecule has 0 radical (unpaired) electrons. The van der Waals surface area contributed by atoms with E-state index in [0.717, 1.165) is 5.92 Å². The molecule has 160 valence electrons. The number of hydrogen-bond acceptors (Lipinski definition) is 1. The molecule has 5 aliphatic rings. The molecule has 0 aromatic carbocycles. The van der Waals surface area contributed by atoms with E-state index < -0.39 is 0 Å². The van der Waals surface area contributed by atoms with E-state index in [1.165, 1.54) is 57.1 Å². The summed E-state index contributed by atoms with van der Waals surface area (Å²) in [7, 11) is 0. The van der Waals surface area contributed by atoms with Gasteiger partial charge in [-0.3, -0.25) is 0 Å². The summed E-state index contributed by atoms with van der Waals surface area (Å²) < 4.78 is 0. The van der Waals surface area contributed by atoms with Crippen molar-refractivity contribution in [2.45, 2.75) is 103 Å². The smallest absolute Gasteiger partial charge is 0.0595 e. The normalized spacial score (nSPS) is 39.6. The van der Waals surface area contributed by atoms with Crippen LogP contribution in [0.3, 0.4) is 0 Å². The monoisotopic (exact) mass is 402 g/mol. The highest BCUT2D eigenvalue weighted by molar-refractivity contribution is 5.70. The largest absolute Gasteiger partial charge is 0.363 e. The molecular weight excluding hydrogens is 364 g/mol. The lowest BCUT2D eigenvalue weighted by molar-refractivity contribution is 0.171. The number of allylic oxidation sites excluding steroid dienone is 3. The van der Waals surface area contributed by atoms with Crippen molar-refractivity contribution >= 4 is 6.08 Å². The predicted molar refractivity (Wildman–Crippen MR) is 126 cm³/mol. The number of H-pyrrole nitrogens is 1. The van der Waals surface area contributed by atoms with Gasteiger partial charge in [-0.25, -0.2) is 0 Å². The van der Waals surface area contributed by atoms with Crippen LogP contribution in [0.1, 0.15) is 107 Å². The van der Waals surface area contributed by atoms with E-state index in [4.69, 9.17) is 0 Å². The Labute approximate surface area is 182 Å². The molecule has 2 heteroatoms. The second-order valence-electron chi connectivity index (χ2n) is 11.2. The van der Waals surface area contributed by atoms with Crippen molar-refractivity contribution in [3.63, 3.8) is 0 Å². The van der Waals surface area contributed by atoms with Crippen LogP contribution in [0.5, 0.6) is 0 Å². The summed E-state index contributed by atoms with van der Waals surface area (Å²) in [5.74, 6) is 2.04. The first-order chi connectivity index (χ1) is 14.5. The molecule has 1 N–H and O–H groups in total. The summed E-state index contributed by atoms with van der Waals surface area (Å²) in [6.07, 6.45) is 20.6. The minimum absolute atomic E-state index is 0.179. The summed E-state index contributed by atoms with van der Waals surface area (Å²) in [5, 5.41) is 0. The zero-order valence-corrected chi connectivity index (χ0v) is 19.3. The van der Waals surface area contributed by atoms with Crippen LogP contribution in [-0.2, 0) is 6.42 Å². The fourth-order valence-electron chi connectivity index (χ4n) is 7.71. The van der Waals surface area contributed by atoms with Crippen LogP contribution in [-0.4, -0.2) is 22.0 Å². The molecule has 1 aliphatic heterocycles. The number of aryl methyl sites for hydroxylation is 1. The lowest BCUT2D eigenvalue weighted by atomic mass is 9.69. The highest BCUT2D eigenvalue weighted by Crippen LogP contribution is 2.58. The van der Waals surface area contributed by atoms with Crippen LogP contribution in [0, 0.1) is 11.3 Å². The maximum absolute atomic E-state index is 3.96. The lowest BCUT2D eigenvalue weighted by Crippen LogP contribution is -2.42. The van der Waals surface area contributed by atoms with Crippen molar-refractivity contribution in [3.05, 3.63) is 52.0 Å². The van der Waals surface area contributed by atoms with Gasteiger partial charge in [-0.15, -0.1) is 0 Å². The van der Waals surface area contributed by atoms with Gasteiger partial charge < -0.3 is 9.88 Å². The topological polar surface area (TPSA) is 19.0 Å². The van der Waals surface area contributed by atoms with Crippen molar-refractivity contribution in [2.24, 2.45) is 11.3 Å². The Bertz CT molecular complexity index is 960. The van der Waals surface area contributed by atoms with Crippen LogP contribution in [0.15, 0.2) is 29.5 Å². The van der Waals surface area contributed by atoms with E-state index in [1.54, 1.807) is 28.1 Å². The summed E-state index contributed by atoms with van der Waals surface area (Å²) >= 11 is 0. The maximum Gasteiger partial charge on any atom is 0.0595 e. The van der Waals surface area contributed by atoms with Crippen LogP contribution in [0.25, 0.3) is 6.08 Å². The third kappa shape index (κ3) is 2.49. The number of nitrogens with zero attached hydrogens (tertiary/aromatic N) is 1. The molecule has 1 fully saturated rings. The Morgan fingerprint density at radius 3 is 2.80 bits per heavy atom. The molecule has 0 bridgehead atoms. The van der Waals surface area contributed by atoms with Gasteiger partial charge >= 0.3 is 0 Å². The van der Waals surface area contributed by atoms with Crippen LogP contribution in [0.2, 0.25) is 0 Å². The lowest BCUT2D eigenvalue weighted by Gasteiger charge is -2.42. The van der Waals surface area contributed by atoms with E-state index in [9.17, 15) is 0 Å². The Morgan fingerprint density at radius 2 is 1.97 bits per heavy atom. The molecule has 1 aromatic heterocycles. The fraction of sp³-hybridized carbons (Fsp3) is 0.643. The molecule has 0 saturated carbocycles. The Morgan fingerprint density at radius 1 is 1.10 bits per heavy atom. The molecule has 0 spiro atoms. The standard InChI is InChI=1S/C28H38N2/c1-17-9-7-11-20(15-17)30-24-13-5-6-14-28(24,4)22-16-21-25-18(2)10-8-12-23(25)29-26(21)19(3)27(22)30/h6,11,14,16-19,24,27,29H,5,7-10,12-13,15H2,1-4H3. The van der Waals surface area contributed by atoms with E-state index in [-0.39, 0.29) is 5.41 Å². The number of likely N-dealkylation sites (tertiary alicyclic amines) is 1. The van der Waals surface area contributed by atoms with Crippen LogP contribution in [0.4, 0.5) is 0 Å². The van der Waals surface area contributed by atoms with Crippen molar-refractivity contribution in [3.8, 4) is 0 Å². The van der Waals surface area contributed by atoms with Gasteiger partial charge in [0, 0.05) is 34.5 Å². The average molecular weight is 403 g/mol. The summed E-state index contributed by atoms with van der Waals surface area (Å²) in [4.78, 5) is 6.88. The van der Waals surface area contributed by atoms with Gasteiger partial charge in [0.05, 0.1) is 6.04 Å². The number of hydrogen-bond donors (Lipinski definition) is 1. The van der Waals surface area contributed by atoms with Gasteiger partial charge in [0.2, 0.25) is 0 Å². The van der Waals surface area contributed by atoms with Crippen LogP contribution < -0.4 is 0 Å². The molecule has 6 unspecified atom stereocenters. The van der Waals surface area contributed by atoms with Crippen molar-refractivity contribution < 1.29 is 0 Å². The molecule has 1 aromatic rings. The third-order valence-electron chi connectivity index (χ3n) is 9.24. The summed E-state index contributed by atoms with van der Waals surface area (Å²) in [6, 6.07) is 1.14. The average Bonchev–Trinajstić information content (AvgIpc) is 3.23. The SMILES string of the molecule is CC1CCC=C(N2C3C(=Cc4c([nH]c5c4C(C)CCC5)C3C)C3(C)C=CCCC23)C1. The molecule has 1 saturated heterocycles. The third-order valence-corrected chi connectivity index (χ3v) is 9.24. The molecule has 30 heavy (non-hydrogen) atoms. The van der Waals surface area contributed by atoms with E-state index in [0.29, 0.717) is 23.9 Å². The highest BCUT2D eigenvalue weighted by Gasteiger charge is 2.56. The van der Waals surface area contributed by atoms with Crippen molar-refractivity contribution in [2.75, 3.05) is 0 Å². The number of nitrogens with one attached hydrogen (secondary N) is 1. The van der Waals surface area contributed by atoms with Crippen LogP contribution >= 0.6 is 0 Å². The molecule has 4 aliphatic carbocycles. The first kappa shape index (κ1) is 19.0. The van der Waals surface area contributed by atoms with Crippen molar-refractivity contribution in [1.29, 1.82) is 0 Å². The van der Waals surface area contributed by atoms with Gasteiger partial charge in [0.15, 0.2) is 0 Å². The zero-order valence-electron chi connectivity index (χ0n) is 19.3. The number of aromatic amines is 1. The molecule has 2 heterocycles. The van der Waals surface area contributed by atoms with E-state index in [1.807, 2.05) is 0 Å². The minimum atomic E-state index is 0.179. The molecular formula is C28H38N2. The number of fused-ring (bicyclic) bond motifs is 6. The molecule has 0 amide bonds. The Hall–Kier alpha value is -1.70. The maximum atomic E-state index is 3.96. The van der Waals surface area contributed by atoms with Gasteiger partial charge in [-0.1, -0.05) is 52.0 Å².